The van der Waals surface area contributed by atoms with Gasteiger partial charge >= 0.3 is 6.18 Å². The third-order valence-electron chi connectivity index (χ3n) is 7.52. The number of amidine groups is 1. The zero-order valence-corrected chi connectivity index (χ0v) is 24.2. The van der Waals surface area contributed by atoms with Gasteiger partial charge in [0, 0.05) is 55.0 Å². The van der Waals surface area contributed by atoms with Crippen LogP contribution in [0.5, 0.6) is 0 Å². The fourth-order valence-electron chi connectivity index (χ4n) is 5.13. The van der Waals surface area contributed by atoms with Gasteiger partial charge in [0.15, 0.2) is 0 Å². The molecule has 0 aliphatic carbocycles. The fraction of sp³-hybridized carbons (Fsp3) is 0.387. The Hall–Kier alpha value is -4.68. The van der Waals surface area contributed by atoms with Crippen molar-refractivity contribution in [3.05, 3.63) is 71.4 Å². The number of hydrogen-bond donors (Lipinski definition) is 5. The number of para-hydroxylation sites is 1. The van der Waals surface area contributed by atoms with Gasteiger partial charge in [-0.2, -0.15) is 13.2 Å². The lowest BCUT2D eigenvalue weighted by atomic mass is 10.0. The Labute approximate surface area is 252 Å². The molecule has 1 fully saturated rings. The van der Waals surface area contributed by atoms with E-state index in [0.29, 0.717) is 27.9 Å². The van der Waals surface area contributed by atoms with Crippen LogP contribution in [-0.4, -0.2) is 77.1 Å². The topological polar surface area (TPSA) is 147 Å². The Kier molecular flexibility index (Phi) is 10.4. The second-order valence-corrected chi connectivity index (χ2v) is 10.7. The lowest BCUT2D eigenvalue weighted by Crippen LogP contribution is -2.53. The third-order valence-corrected chi connectivity index (χ3v) is 7.52. The Bertz CT molecular complexity index is 1510. The maximum atomic E-state index is 13.4. The number of benzene rings is 2. The number of likely N-dealkylation sites (tertiary alicyclic amines) is 1. The summed E-state index contributed by atoms with van der Waals surface area (Å²) in [5.41, 5.74) is 2.50. The Morgan fingerprint density at radius 1 is 0.932 bits per heavy atom. The molecule has 2 unspecified atom stereocenters. The maximum absolute atomic E-state index is 13.4. The highest BCUT2D eigenvalue weighted by atomic mass is 19.4. The van der Waals surface area contributed by atoms with Crippen LogP contribution in [0.2, 0.25) is 0 Å². The highest BCUT2D eigenvalue weighted by molar-refractivity contribution is 5.97. The number of carbonyl (C=O) groups excluding carboxylic acids is 4. The van der Waals surface area contributed by atoms with Crippen molar-refractivity contribution in [2.24, 2.45) is 0 Å². The SMILES string of the molecule is CCC(=O)NC(Cc1ccc(C(=N)N2CCCC2)cc1)C(=O)NCC(=O)NC(Cc1c[nH]c2ccccc12)C(=O)C(F)(F)F. The van der Waals surface area contributed by atoms with Gasteiger partial charge in [0.2, 0.25) is 17.7 Å². The van der Waals surface area contributed by atoms with Crippen LogP contribution in [-0.2, 0) is 32.0 Å². The molecule has 2 atom stereocenters. The van der Waals surface area contributed by atoms with Crippen molar-refractivity contribution in [3.8, 4) is 0 Å². The van der Waals surface area contributed by atoms with Gasteiger partial charge in [-0.1, -0.05) is 49.4 Å². The van der Waals surface area contributed by atoms with Gasteiger partial charge in [-0.15, -0.1) is 0 Å². The molecule has 4 rings (SSSR count). The molecule has 13 heteroatoms. The lowest BCUT2D eigenvalue weighted by Gasteiger charge is -2.21. The van der Waals surface area contributed by atoms with Gasteiger partial charge in [0.05, 0.1) is 6.54 Å². The molecule has 0 bridgehead atoms. The van der Waals surface area contributed by atoms with Crippen LogP contribution >= 0.6 is 0 Å². The molecule has 44 heavy (non-hydrogen) atoms. The molecule has 10 nitrogen and oxygen atoms in total. The average Bonchev–Trinajstić information content (AvgIpc) is 3.69. The van der Waals surface area contributed by atoms with Gasteiger partial charge in [0.1, 0.15) is 17.9 Å². The zero-order chi connectivity index (χ0) is 31.9. The molecular formula is C31H35F3N6O4. The predicted octanol–water partition coefficient (Wildman–Crippen LogP) is 3.00. The predicted molar refractivity (Wildman–Crippen MR) is 158 cm³/mol. The summed E-state index contributed by atoms with van der Waals surface area (Å²) in [6.07, 6.45) is -1.87. The van der Waals surface area contributed by atoms with E-state index in [1.807, 2.05) is 4.90 Å². The first-order valence-electron chi connectivity index (χ1n) is 14.4. The normalized spacial score (nSPS) is 14.6. The van der Waals surface area contributed by atoms with Crippen LogP contribution in [0.3, 0.4) is 0 Å². The van der Waals surface area contributed by atoms with Crippen LogP contribution < -0.4 is 16.0 Å². The number of ketones is 1. The number of amides is 3. The van der Waals surface area contributed by atoms with Crippen molar-refractivity contribution in [2.75, 3.05) is 19.6 Å². The number of nitrogens with zero attached hydrogens (tertiary/aromatic N) is 1. The van der Waals surface area contributed by atoms with E-state index >= 15 is 0 Å². The standard InChI is InChI=1S/C31H35F3N6O4/c1-2-26(41)39-25(15-19-9-11-20(12-10-19)29(35)40-13-5-6-14-40)30(44)37-18-27(42)38-24(28(43)31(32,33)34)16-21-17-36-23-8-4-3-7-22(21)23/h3-4,7-12,17,24-25,35-36H,2,5-6,13-16,18H2,1H3,(H,37,44)(H,38,42)(H,39,41). The van der Waals surface area contributed by atoms with Crippen molar-refractivity contribution in [1.29, 1.82) is 5.41 Å². The fourth-order valence-corrected chi connectivity index (χ4v) is 5.13. The molecule has 3 aromatic rings. The number of Topliss-reactive ketones (excluding diaryl/α,β-unsaturated/α-hetero) is 1. The number of H-pyrrole nitrogens is 1. The largest absolute Gasteiger partial charge is 0.452 e. The average molecular weight is 613 g/mol. The summed E-state index contributed by atoms with van der Waals surface area (Å²) in [4.78, 5) is 55.0. The van der Waals surface area contributed by atoms with E-state index in [-0.39, 0.29) is 12.8 Å². The van der Waals surface area contributed by atoms with E-state index in [1.54, 1.807) is 55.5 Å². The summed E-state index contributed by atoms with van der Waals surface area (Å²) in [5, 5.41) is 16.1. The number of alkyl halides is 3. The third kappa shape index (κ3) is 8.23. The van der Waals surface area contributed by atoms with Crippen LogP contribution in [0.1, 0.15) is 42.9 Å². The van der Waals surface area contributed by atoms with Gasteiger partial charge < -0.3 is 25.8 Å². The van der Waals surface area contributed by atoms with E-state index < -0.39 is 54.7 Å². The van der Waals surface area contributed by atoms with Crippen molar-refractivity contribution < 1.29 is 32.3 Å². The van der Waals surface area contributed by atoms with E-state index in [0.717, 1.165) is 31.5 Å². The van der Waals surface area contributed by atoms with Crippen molar-refractivity contribution in [2.45, 2.75) is 57.3 Å². The summed E-state index contributed by atoms with van der Waals surface area (Å²) < 4.78 is 40.2. The smallest absolute Gasteiger partial charge is 0.361 e. The molecular weight excluding hydrogens is 577 g/mol. The highest BCUT2D eigenvalue weighted by Crippen LogP contribution is 2.23. The van der Waals surface area contributed by atoms with Crippen LogP contribution in [0.15, 0.2) is 54.7 Å². The molecule has 1 aliphatic rings. The Morgan fingerprint density at radius 2 is 1.59 bits per heavy atom. The summed E-state index contributed by atoms with van der Waals surface area (Å²) in [6.45, 7) is 2.56. The molecule has 2 aromatic carbocycles. The lowest BCUT2D eigenvalue weighted by molar-refractivity contribution is -0.173. The van der Waals surface area contributed by atoms with Gasteiger partial charge in [-0.3, -0.25) is 24.6 Å². The minimum atomic E-state index is -5.19. The van der Waals surface area contributed by atoms with Gasteiger partial charge in [-0.25, -0.2) is 0 Å². The molecule has 0 spiro atoms. The minimum absolute atomic E-state index is 0.0757. The summed E-state index contributed by atoms with van der Waals surface area (Å²) in [6, 6.07) is 10.9. The van der Waals surface area contributed by atoms with Gasteiger partial charge in [-0.05, 0) is 30.0 Å². The monoisotopic (exact) mass is 612 g/mol. The van der Waals surface area contributed by atoms with Crippen molar-refractivity contribution in [1.82, 2.24) is 25.8 Å². The van der Waals surface area contributed by atoms with E-state index in [1.165, 1.54) is 6.20 Å². The minimum Gasteiger partial charge on any atom is -0.361 e. The first kappa shape index (κ1) is 32.2. The van der Waals surface area contributed by atoms with Crippen LogP contribution in [0.4, 0.5) is 13.2 Å². The molecule has 5 N–H and O–H groups in total. The zero-order valence-electron chi connectivity index (χ0n) is 24.2. The number of halogens is 3. The van der Waals surface area contributed by atoms with E-state index in [2.05, 4.69) is 20.9 Å². The number of fused-ring (bicyclic) bond motifs is 1. The number of aromatic amines is 1. The van der Waals surface area contributed by atoms with Crippen molar-refractivity contribution >= 4 is 40.2 Å². The van der Waals surface area contributed by atoms with Crippen LogP contribution in [0.25, 0.3) is 10.9 Å². The number of nitrogens with one attached hydrogen (secondary N) is 5. The van der Waals surface area contributed by atoms with Gasteiger partial charge in [0.25, 0.3) is 5.78 Å². The van der Waals surface area contributed by atoms with Crippen molar-refractivity contribution in [3.63, 3.8) is 0 Å². The summed E-state index contributed by atoms with van der Waals surface area (Å²) >= 11 is 0. The first-order chi connectivity index (χ1) is 21.0. The molecule has 234 valence electrons. The van der Waals surface area contributed by atoms with E-state index in [9.17, 15) is 32.3 Å². The van der Waals surface area contributed by atoms with Crippen LogP contribution in [0, 0.1) is 5.41 Å². The number of rotatable bonds is 12. The number of hydrogen-bond acceptors (Lipinski definition) is 5. The highest BCUT2D eigenvalue weighted by Gasteiger charge is 2.44. The molecule has 1 aliphatic heterocycles. The van der Waals surface area contributed by atoms with E-state index in [4.69, 9.17) is 5.41 Å². The molecule has 1 saturated heterocycles. The molecule has 1 aromatic heterocycles. The first-order valence-corrected chi connectivity index (χ1v) is 14.4. The number of carbonyl (C=O) groups is 4. The number of aromatic nitrogens is 1. The Balaban J connectivity index is 1.40. The molecule has 3 amide bonds. The maximum Gasteiger partial charge on any atom is 0.452 e. The quantitative estimate of drug-likeness (QED) is 0.158. The molecule has 2 heterocycles. The second-order valence-electron chi connectivity index (χ2n) is 10.7. The molecule has 0 radical (unpaired) electrons. The second kappa shape index (κ2) is 14.2. The Morgan fingerprint density at radius 3 is 2.25 bits per heavy atom. The summed E-state index contributed by atoms with van der Waals surface area (Å²) in [7, 11) is 0. The summed E-state index contributed by atoms with van der Waals surface area (Å²) in [5.74, 6) is -3.81. The molecule has 0 saturated carbocycles.